The third-order valence-electron chi connectivity index (χ3n) is 3.28. The number of carbonyl (C=O) groups excluding carboxylic acids is 1. The van der Waals surface area contributed by atoms with Crippen molar-refractivity contribution in [2.75, 3.05) is 12.4 Å². The largest absolute Gasteiger partial charge is 0.465 e. The number of esters is 1. The maximum atomic E-state index is 11.8. The van der Waals surface area contributed by atoms with Crippen LogP contribution >= 0.6 is 0 Å². The number of aromatic nitrogens is 2. The van der Waals surface area contributed by atoms with E-state index in [1.54, 1.807) is 6.20 Å². The minimum absolute atomic E-state index is 0.330. The van der Waals surface area contributed by atoms with Gasteiger partial charge >= 0.3 is 5.97 Å². The van der Waals surface area contributed by atoms with Crippen LogP contribution in [-0.2, 0) is 17.8 Å². The molecule has 0 radical (unpaired) electrons. The van der Waals surface area contributed by atoms with Crippen molar-refractivity contribution in [2.45, 2.75) is 33.4 Å². The Morgan fingerprint density at radius 2 is 2.19 bits per heavy atom. The molecule has 0 amide bonds. The number of hydrogen-bond donors (Lipinski definition) is 1. The molecular weight excluding hydrogens is 266 g/mol. The third kappa shape index (κ3) is 3.62. The number of aryl methyl sites for hydroxylation is 2. The summed E-state index contributed by atoms with van der Waals surface area (Å²) in [6.45, 7) is 5.58. The van der Waals surface area contributed by atoms with Crippen LogP contribution < -0.4 is 5.32 Å². The number of nitrogens with one attached hydrogen (secondary N) is 1. The predicted molar refractivity (Wildman–Crippen MR) is 82.4 cm³/mol. The molecule has 0 bridgehead atoms. The highest BCUT2D eigenvalue weighted by molar-refractivity contribution is 5.95. The van der Waals surface area contributed by atoms with Gasteiger partial charge in [-0.3, -0.25) is 4.68 Å². The number of rotatable bonds is 6. The quantitative estimate of drug-likeness (QED) is 0.830. The van der Waals surface area contributed by atoms with Crippen LogP contribution in [-0.4, -0.2) is 22.9 Å². The molecule has 2 aromatic rings. The number of ether oxygens (including phenoxy) is 1. The van der Waals surface area contributed by atoms with Crippen LogP contribution in [0.2, 0.25) is 0 Å². The van der Waals surface area contributed by atoms with E-state index in [0.29, 0.717) is 12.1 Å². The molecule has 0 saturated heterocycles. The number of hydrogen-bond acceptors (Lipinski definition) is 4. The molecule has 2 rings (SSSR count). The molecule has 1 aromatic heterocycles. The number of carbonyl (C=O) groups is 1. The van der Waals surface area contributed by atoms with Crippen LogP contribution in [0.3, 0.4) is 0 Å². The fourth-order valence-corrected chi connectivity index (χ4v) is 2.20. The Bertz CT molecular complexity index is 620. The summed E-state index contributed by atoms with van der Waals surface area (Å²) < 4.78 is 6.81. The molecule has 0 saturated carbocycles. The molecule has 1 N–H and O–H groups in total. The number of methoxy groups -OCH3 is 1. The lowest BCUT2D eigenvalue weighted by Crippen LogP contribution is -2.12. The first-order valence-electron chi connectivity index (χ1n) is 7.09. The second kappa shape index (κ2) is 6.92. The van der Waals surface area contributed by atoms with Crippen LogP contribution in [0, 0.1) is 6.92 Å². The van der Waals surface area contributed by atoms with E-state index >= 15 is 0 Å². The Hall–Kier alpha value is -2.30. The van der Waals surface area contributed by atoms with Crippen LogP contribution in [0.5, 0.6) is 0 Å². The molecule has 0 aliphatic rings. The van der Waals surface area contributed by atoms with E-state index in [1.807, 2.05) is 35.9 Å². The van der Waals surface area contributed by atoms with E-state index in [1.165, 1.54) is 7.11 Å². The van der Waals surface area contributed by atoms with Crippen molar-refractivity contribution in [2.24, 2.45) is 0 Å². The van der Waals surface area contributed by atoms with Crippen molar-refractivity contribution in [3.63, 3.8) is 0 Å². The van der Waals surface area contributed by atoms with E-state index in [4.69, 9.17) is 4.74 Å². The highest BCUT2D eigenvalue weighted by atomic mass is 16.5. The van der Waals surface area contributed by atoms with Gasteiger partial charge in [0.2, 0.25) is 0 Å². The second-order valence-corrected chi connectivity index (χ2v) is 4.94. The topological polar surface area (TPSA) is 56.2 Å². The van der Waals surface area contributed by atoms with Gasteiger partial charge < -0.3 is 10.1 Å². The highest BCUT2D eigenvalue weighted by Gasteiger charge is 2.12. The molecule has 112 valence electrons. The van der Waals surface area contributed by atoms with Gasteiger partial charge in [0.15, 0.2) is 0 Å². The minimum atomic E-state index is -0.330. The minimum Gasteiger partial charge on any atom is -0.465 e. The first kappa shape index (κ1) is 15.1. The fourth-order valence-electron chi connectivity index (χ4n) is 2.20. The van der Waals surface area contributed by atoms with Gasteiger partial charge in [0.25, 0.3) is 0 Å². The van der Waals surface area contributed by atoms with Crippen molar-refractivity contribution in [1.29, 1.82) is 0 Å². The first-order valence-corrected chi connectivity index (χ1v) is 7.09. The van der Waals surface area contributed by atoms with E-state index in [2.05, 4.69) is 17.3 Å². The van der Waals surface area contributed by atoms with Crippen molar-refractivity contribution < 1.29 is 9.53 Å². The van der Waals surface area contributed by atoms with Crippen molar-refractivity contribution >= 4 is 11.7 Å². The number of benzene rings is 1. The molecule has 0 aliphatic carbocycles. The standard InChI is InChI=1S/C16H21N3O2/c1-4-9-19-13(7-8-18-19)11-17-15-6-5-12(2)10-14(15)16(20)21-3/h5-8,10,17H,4,9,11H2,1-3H3. The Balaban J connectivity index is 2.16. The molecule has 0 aliphatic heterocycles. The van der Waals surface area contributed by atoms with Crippen LogP contribution in [0.25, 0.3) is 0 Å². The molecule has 0 fully saturated rings. The van der Waals surface area contributed by atoms with E-state index in [-0.39, 0.29) is 5.97 Å². The Kier molecular flexibility index (Phi) is 4.98. The smallest absolute Gasteiger partial charge is 0.339 e. The normalized spacial score (nSPS) is 10.4. The van der Waals surface area contributed by atoms with Crippen molar-refractivity contribution in [1.82, 2.24) is 9.78 Å². The van der Waals surface area contributed by atoms with E-state index in [0.717, 1.165) is 29.9 Å². The lowest BCUT2D eigenvalue weighted by Gasteiger charge is -2.12. The summed E-state index contributed by atoms with van der Waals surface area (Å²) in [6, 6.07) is 7.69. The fraction of sp³-hybridized carbons (Fsp3) is 0.375. The summed E-state index contributed by atoms with van der Waals surface area (Å²) in [7, 11) is 1.39. The second-order valence-electron chi connectivity index (χ2n) is 4.94. The molecule has 0 unspecified atom stereocenters. The Morgan fingerprint density at radius 1 is 1.38 bits per heavy atom. The molecule has 1 aromatic carbocycles. The Labute approximate surface area is 124 Å². The molecule has 21 heavy (non-hydrogen) atoms. The number of anilines is 1. The third-order valence-corrected chi connectivity index (χ3v) is 3.28. The lowest BCUT2D eigenvalue weighted by atomic mass is 10.1. The summed E-state index contributed by atoms with van der Waals surface area (Å²) in [5.41, 5.74) is 3.45. The molecule has 0 atom stereocenters. The first-order chi connectivity index (χ1) is 10.2. The highest BCUT2D eigenvalue weighted by Crippen LogP contribution is 2.19. The van der Waals surface area contributed by atoms with E-state index < -0.39 is 0 Å². The molecular formula is C16H21N3O2. The van der Waals surface area contributed by atoms with Crippen LogP contribution in [0.1, 0.15) is 35.0 Å². The zero-order valence-corrected chi connectivity index (χ0v) is 12.7. The zero-order chi connectivity index (χ0) is 15.2. The van der Waals surface area contributed by atoms with E-state index in [9.17, 15) is 4.79 Å². The van der Waals surface area contributed by atoms with Crippen molar-refractivity contribution in [3.05, 3.63) is 47.3 Å². The average Bonchev–Trinajstić information content (AvgIpc) is 2.93. The summed E-state index contributed by atoms with van der Waals surface area (Å²) in [6.07, 6.45) is 2.83. The summed E-state index contributed by atoms with van der Waals surface area (Å²) in [4.78, 5) is 11.8. The van der Waals surface area contributed by atoms with Gasteiger partial charge in [-0.05, 0) is 31.5 Å². The summed E-state index contributed by atoms with van der Waals surface area (Å²) >= 11 is 0. The molecule has 0 spiro atoms. The van der Waals surface area contributed by atoms with Gasteiger partial charge in [-0.2, -0.15) is 5.10 Å². The molecule has 5 heteroatoms. The monoisotopic (exact) mass is 287 g/mol. The average molecular weight is 287 g/mol. The summed E-state index contributed by atoms with van der Waals surface area (Å²) in [5.74, 6) is -0.330. The summed E-state index contributed by atoms with van der Waals surface area (Å²) in [5, 5.41) is 7.59. The van der Waals surface area contributed by atoms with Crippen LogP contribution in [0.4, 0.5) is 5.69 Å². The van der Waals surface area contributed by atoms with Gasteiger partial charge in [-0.15, -0.1) is 0 Å². The Morgan fingerprint density at radius 3 is 2.90 bits per heavy atom. The van der Waals surface area contributed by atoms with Crippen molar-refractivity contribution in [3.8, 4) is 0 Å². The van der Waals surface area contributed by atoms with Gasteiger partial charge in [-0.25, -0.2) is 4.79 Å². The number of nitrogens with zero attached hydrogens (tertiary/aromatic N) is 2. The lowest BCUT2D eigenvalue weighted by molar-refractivity contribution is 0.0601. The van der Waals surface area contributed by atoms with Crippen LogP contribution in [0.15, 0.2) is 30.5 Å². The predicted octanol–water partition coefficient (Wildman–Crippen LogP) is 3.00. The van der Waals surface area contributed by atoms with Gasteiger partial charge in [0, 0.05) is 18.4 Å². The maximum absolute atomic E-state index is 11.8. The SMILES string of the molecule is CCCn1nccc1CNc1ccc(C)cc1C(=O)OC. The molecule has 5 nitrogen and oxygen atoms in total. The van der Waals surface area contributed by atoms with Gasteiger partial charge in [-0.1, -0.05) is 18.6 Å². The zero-order valence-electron chi connectivity index (χ0n) is 12.7. The van der Waals surface area contributed by atoms with Gasteiger partial charge in [0.1, 0.15) is 0 Å². The maximum Gasteiger partial charge on any atom is 0.339 e. The molecule has 1 heterocycles. The van der Waals surface area contributed by atoms with Gasteiger partial charge in [0.05, 0.1) is 24.9 Å².